The number of anilines is 2. The van der Waals surface area contributed by atoms with E-state index in [0.29, 0.717) is 11.7 Å². The Morgan fingerprint density at radius 3 is 2.74 bits per heavy atom. The predicted molar refractivity (Wildman–Crippen MR) is 80.8 cm³/mol. The molecule has 1 aliphatic rings. The summed E-state index contributed by atoms with van der Waals surface area (Å²) in [5.41, 5.74) is 7.56. The highest BCUT2D eigenvalue weighted by atomic mass is 16.5. The van der Waals surface area contributed by atoms with Crippen LogP contribution < -0.4 is 15.8 Å². The van der Waals surface area contributed by atoms with Gasteiger partial charge in [0.1, 0.15) is 5.75 Å². The zero-order valence-electron chi connectivity index (χ0n) is 12.0. The molecule has 0 bridgehead atoms. The van der Waals surface area contributed by atoms with Crippen LogP contribution in [0.4, 0.5) is 11.4 Å². The number of likely N-dealkylation sites (tertiary alicyclic amines) is 1. The fourth-order valence-corrected chi connectivity index (χ4v) is 2.66. The molecular formula is C15H25N3O. The molecule has 0 radical (unpaired) electrons. The molecule has 4 nitrogen and oxygen atoms in total. The number of rotatable bonds is 5. The van der Waals surface area contributed by atoms with E-state index in [4.69, 9.17) is 10.5 Å². The Balaban J connectivity index is 1.88. The quantitative estimate of drug-likeness (QED) is 0.802. The summed E-state index contributed by atoms with van der Waals surface area (Å²) in [6.07, 6.45) is 4.05. The van der Waals surface area contributed by atoms with Crippen molar-refractivity contribution in [3.05, 3.63) is 18.2 Å². The molecule has 106 valence electrons. The highest BCUT2D eigenvalue weighted by Gasteiger charge is 2.13. The Labute approximate surface area is 115 Å². The van der Waals surface area contributed by atoms with E-state index in [0.717, 1.165) is 18.0 Å². The summed E-state index contributed by atoms with van der Waals surface area (Å²) in [5, 5.41) is 3.51. The average molecular weight is 263 g/mol. The number of nitrogens with two attached hydrogens (primary N) is 1. The minimum Gasteiger partial charge on any atom is -0.495 e. The van der Waals surface area contributed by atoms with Crippen molar-refractivity contribution >= 4 is 11.4 Å². The number of nitrogen functional groups attached to an aromatic ring is 1. The number of hydrogen-bond donors (Lipinski definition) is 2. The van der Waals surface area contributed by atoms with Crippen molar-refractivity contribution in [3.63, 3.8) is 0 Å². The highest BCUT2D eigenvalue weighted by Crippen LogP contribution is 2.25. The van der Waals surface area contributed by atoms with Crippen LogP contribution in [0.15, 0.2) is 18.2 Å². The molecule has 0 saturated carbocycles. The SMILES string of the molecule is COc1cc(NC(C)CN2CCCCC2)ccc1N. The van der Waals surface area contributed by atoms with Crippen molar-refractivity contribution in [1.82, 2.24) is 4.90 Å². The fourth-order valence-electron chi connectivity index (χ4n) is 2.66. The summed E-state index contributed by atoms with van der Waals surface area (Å²) in [6.45, 7) is 5.78. The van der Waals surface area contributed by atoms with E-state index in [9.17, 15) is 0 Å². The van der Waals surface area contributed by atoms with Crippen LogP contribution in [0.1, 0.15) is 26.2 Å². The van der Waals surface area contributed by atoms with Crippen molar-refractivity contribution in [2.75, 3.05) is 37.8 Å². The topological polar surface area (TPSA) is 50.5 Å². The molecule has 0 amide bonds. The van der Waals surface area contributed by atoms with Crippen LogP contribution in [0, 0.1) is 0 Å². The first kappa shape index (κ1) is 14.0. The Kier molecular flexibility index (Phi) is 4.91. The summed E-state index contributed by atoms with van der Waals surface area (Å²) < 4.78 is 5.24. The smallest absolute Gasteiger partial charge is 0.143 e. The van der Waals surface area contributed by atoms with Gasteiger partial charge in [-0.05, 0) is 45.0 Å². The van der Waals surface area contributed by atoms with Crippen molar-refractivity contribution in [1.29, 1.82) is 0 Å². The maximum atomic E-state index is 5.82. The van der Waals surface area contributed by atoms with Gasteiger partial charge in [0.15, 0.2) is 0 Å². The third kappa shape index (κ3) is 4.03. The lowest BCUT2D eigenvalue weighted by molar-refractivity contribution is 0.223. The Bertz CT molecular complexity index is 402. The molecule has 1 aliphatic heterocycles. The molecule has 4 heteroatoms. The van der Waals surface area contributed by atoms with Gasteiger partial charge in [-0.3, -0.25) is 0 Å². The number of benzene rings is 1. The molecule has 1 aromatic carbocycles. The van der Waals surface area contributed by atoms with Gasteiger partial charge in [0.25, 0.3) is 0 Å². The van der Waals surface area contributed by atoms with Crippen LogP contribution in [-0.2, 0) is 0 Å². The van der Waals surface area contributed by atoms with Gasteiger partial charge in [0, 0.05) is 24.3 Å². The lowest BCUT2D eigenvalue weighted by Crippen LogP contribution is -2.38. The fraction of sp³-hybridized carbons (Fsp3) is 0.600. The van der Waals surface area contributed by atoms with Gasteiger partial charge in [-0.2, -0.15) is 0 Å². The summed E-state index contributed by atoms with van der Waals surface area (Å²) in [4.78, 5) is 2.54. The summed E-state index contributed by atoms with van der Waals surface area (Å²) >= 11 is 0. The molecule has 19 heavy (non-hydrogen) atoms. The maximum absolute atomic E-state index is 5.82. The molecule has 2 rings (SSSR count). The monoisotopic (exact) mass is 263 g/mol. The van der Waals surface area contributed by atoms with E-state index < -0.39 is 0 Å². The first-order chi connectivity index (χ1) is 9.19. The molecule has 1 atom stereocenters. The van der Waals surface area contributed by atoms with E-state index in [2.05, 4.69) is 17.1 Å². The maximum Gasteiger partial charge on any atom is 0.143 e. The van der Waals surface area contributed by atoms with Gasteiger partial charge < -0.3 is 20.7 Å². The zero-order chi connectivity index (χ0) is 13.7. The zero-order valence-corrected chi connectivity index (χ0v) is 12.0. The summed E-state index contributed by atoms with van der Waals surface area (Å²) in [5.74, 6) is 0.732. The third-order valence-corrected chi connectivity index (χ3v) is 3.63. The first-order valence-corrected chi connectivity index (χ1v) is 7.11. The number of methoxy groups -OCH3 is 1. The summed E-state index contributed by atoms with van der Waals surface area (Å²) in [6, 6.07) is 6.27. The van der Waals surface area contributed by atoms with E-state index >= 15 is 0 Å². The largest absolute Gasteiger partial charge is 0.495 e. The van der Waals surface area contributed by atoms with Crippen molar-refractivity contribution in [2.45, 2.75) is 32.2 Å². The van der Waals surface area contributed by atoms with Crippen LogP contribution in [-0.4, -0.2) is 37.7 Å². The molecule has 0 spiro atoms. The van der Waals surface area contributed by atoms with Gasteiger partial charge >= 0.3 is 0 Å². The Hall–Kier alpha value is -1.42. The molecule has 1 heterocycles. The van der Waals surface area contributed by atoms with Crippen LogP contribution >= 0.6 is 0 Å². The van der Waals surface area contributed by atoms with Gasteiger partial charge in [-0.1, -0.05) is 6.42 Å². The molecule has 0 aromatic heterocycles. The lowest BCUT2D eigenvalue weighted by Gasteiger charge is -2.29. The molecule has 1 aromatic rings. The van der Waals surface area contributed by atoms with Gasteiger partial charge in [-0.15, -0.1) is 0 Å². The van der Waals surface area contributed by atoms with Crippen LogP contribution in [0.5, 0.6) is 5.75 Å². The number of ether oxygens (including phenoxy) is 1. The number of piperidine rings is 1. The van der Waals surface area contributed by atoms with Crippen LogP contribution in [0.2, 0.25) is 0 Å². The van der Waals surface area contributed by atoms with Crippen LogP contribution in [0.3, 0.4) is 0 Å². The molecule has 1 saturated heterocycles. The second kappa shape index (κ2) is 6.66. The van der Waals surface area contributed by atoms with Crippen molar-refractivity contribution < 1.29 is 4.74 Å². The average Bonchev–Trinajstić information content (AvgIpc) is 2.42. The second-order valence-corrected chi connectivity index (χ2v) is 5.36. The van der Waals surface area contributed by atoms with Crippen molar-refractivity contribution in [2.24, 2.45) is 0 Å². The number of nitrogens with zero attached hydrogens (tertiary/aromatic N) is 1. The lowest BCUT2D eigenvalue weighted by atomic mass is 10.1. The normalized spacial score (nSPS) is 18.0. The van der Waals surface area contributed by atoms with E-state index in [-0.39, 0.29) is 0 Å². The predicted octanol–water partition coefficient (Wildman–Crippen LogP) is 2.56. The Morgan fingerprint density at radius 1 is 1.32 bits per heavy atom. The van der Waals surface area contributed by atoms with E-state index in [1.807, 2.05) is 18.2 Å². The second-order valence-electron chi connectivity index (χ2n) is 5.36. The molecule has 3 N–H and O–H groups in total. The van der Waals surface area contributed by atoms with Crippen molar-refractivity contribution in [3.8, 4) is 5.75 Å². The van der Waals surface area contributed by atoms with Gasteiger partial charge in [0.05, 0.1) is 12.8 Å². The molecular weight excluding hydrogens is 238 g/mol. The highest BCUT2D eigenvalue weighted by molar-refractivity contribution is 5.61. The molecule has 0 aliphatic carbocycles. The van der Waals surface area contributed by atoms with Gasteiger partial charge in [-0.25, -0.2) is 0 Å². The standard InChI is InChI=1S/C15H25N3O/c1-12(11-18-8-4-3-5-9-18)17-13-6-7-14(16)15(10-13)19-2/h6-7,10,12,17H,3-5,8-9,11,16H2,1-2H3. The number of hydrogen-bond acceptors (Lipinski definition) is 4. The Morgan fingerprint density at radius 2 is 2.05 bits per heavy atom. The molecule has 1 fully saturated rings. The van der Waals surface area contributed by atoms with Crippen LogP contribution in [0.25, 0.3) is 0 Å². The minimum absolute atomic E-state index is 0.423. The number of nitrogens with one attached hydrogen (secondary N) is 1. The van der Waals surface area contributed by atoms with E-state index in [1.54, 1.807) is 7.11 Å². The molecule has 1 unspecified atom stereocenters. The van der Waals surface area contributed by atoms with Gasteiger partial charge in [0.2, 0.25) is 0 Å². The van der Waals surface area contributed by atoms with E-state index in [1.165, 1.54) is 32.4 Å². The third-order valence-electron chi connectivity index (χ3n) is 3.63. The summed E-state index contributed by atoms with van der Waals surface area (Å²) in [7, 11) is 1.65. The minimum atomic E-state index is 0.423. The first-order valence-electron chi connectivity index (χ1n) is 7.11.